The van der Waals surface area contributed by atoms with E-state index in [1.165, 1.54) is 0 Å². The lowest BCUT2D eigenvalue weighted by Crippen LogP contribution is -2.30. The number of nitriles is 1. The highest BCUT2D eigenvalue weighted by molar-refractivity contribution is 5.77. The van der Waals surface area contributed by atoms with Crippen molar-refractivity contribution in [1.82, 2.24) is 20.1 Å². The van der Waals surface area contributed by atoms with Crippen molar-refractivity contribution in [2.45, 2.75) is 32.4 Å². The molecule has 1 amide bonds. The molecule has 7 heteroatoms. The highest BCUT2D eigenvalue weighted by Crippen LogP contribution is 2.16. The zero-order valence-corrected chi connectivity index (χ0v) is 12.7. The SMILES string of the molecule is N#Cc1ccccc1OCC(=O)NCc1nnc2n1CCCC2. The van der Waals surface area contributed by atoms with Crippen LogP contribution in [0.25, 0.3) is 0 Å². The summed E-state index contributed by atoms with van der Waals surface area (Å²) in [6.45, 7) is 1.09. The number of nitrogens with zero attached hydrogens (tertiary/aromatic N) is 4. The van der Waals surface area contributed by atoms with Crippen LogP contribution in [0.2, 0.25) is 0 Å². The van der Waals surface area contributed by atoms with Crippen molar-refractivity contribution in [3.63, 3.8) is 0 Å². The lowest BCUT2D eigenvalue weighted by Gasteiger charge is -2.15. The van der Waals surface area contributed by atoms with Gasteiger partial charge in [0.05, 0.1) is 12.1 Å². The zero-order valence-electron chi connectivity index (χ0n) is 12.7. The molecule has 3 rings (SSSR count). The van der Waals surface area contributed by atoms with E-state index in [2.05, 4.69) is 20.1 Å². The van der Waals surface area contributed by atoms with Crippen LogP contribution in [0.4, 0.5) is 0 Å². The molecule has 0 spiro atoms. The lowest BCUT2D eigenvalue weighted by atomic mass is 10.2. The van der Waals surface area contributed by atoms with Crippen molar-refractivity contribution in [1.29, 1.82) is 5.26 Å². The Labute approximate surface area is 133 Å². The monoisotopic (exact) mass is 311 g/mol. The van der Waals surface area contributed by atoms with E-state index in [0.29, 0.717) is 17.9 Å². The topological polar surface area (TPSA) is 92.8 Å². The molecule has 0 fully saturated rings. The van der Waals surface area contributed by atoms with Gasteiger partial charge in [-0.3, -0.25) is 4.79 Å². The Morgan fingerprint density at radius 1 is 1.35 bits per heavy atom. The average Bonchev–Trinajstić information content (AvgIpc) is 3.01. The smallest absolute Gasteiger partial charge is 0.258 e. The summed E-state index contributed by atoms with van der Waals surface area (Å²) in [7, 11) is 0. The number of aromatic nitrogens is 3. The molecule has 0 bridgehead atoms. The molecule has 1 aliphatic heterocycles. The molecule has 0 unspecified atom stereocenters. The van der Waals surface area contributed by atoms with Crippen LogP contribution in [0, 0.1) is 11.3 Å². The third-order valence-corrected chi connectivity index (χ3v) is 3.75. The Hall–Kier alpha value is -2.88. The fourth-order valence-electron chi connectivity index (χ4n) is 2.56. The second kappa shape index (κ2) is 6.92. The Morgan fingerprint density at radius 3 is 3.09 bits per heavy atom. The number of fused-ring (bicyclic) bond motifs is 1. The first-order valence-corrected chi connectivity index (χ1v) is 7.57. The molecule has 1 aromatic heterocycles. The quantitative estimate of drug-likeness (QED) is 0.895. The first kappa shape index (κ1) is 15.0. The maximum absolute atomic E-state index is 11.9. The minimum atomic E-state index is -0.258. The van der Waals surface area contributed by atoms with Crippen LogP contribution in [-0.4, -0.2) is 27.3 Å². The summed E-state index contributed by atoms with van der Waals surface area (Å²) >= 11 is 0. The van der Waals surface area contributed by atoms with Crippen LogP contribution >= 0.6 is 0 Å². The van der Waals surface area contributed by atoms with E-state index >= 15 is 0 Å². The van der Waals surface area contributed by atoms with Gasteiger partial charge >= 0.3 is 0 Å². The first-order valence-electron chi connectivity index (χ1n) is 7.57. The largest absolute Gasteiger partial charge is 0.482 e. The number of carbonyl (C=O) groups is 1. The van der Waals surface area contributed by atoms with Crippen LogP contribution in [0.15, 0.2) is 24.3 Å². The number of para-hydroxylation sites is 1. The van der Waals surface area contributed by atoms with Crippen LogP contribution in [0.5, 0.6) is 5.75 Å². The van der Waals surface area contributed by atoms with E-state index in [1.54, 1.807) is 24.3 Å². The minimum Gasteiger partial charge on any atom is -0.482 e. The minimum absolute atomic E-state index is 0.139. The van der Waals surface area contributed by atoms with Gasteiger partial charge in [0.1, 0.15) is 17.6 Å². The van der Waals surface area contributed by atoms with Crippen molar-refractivity contribution < 1.29 is 9.53 Å². The molecule has 0 atom stereocenters. The molecule has 2 heterocycles. The number of hydrogen-bond acceptors (Lipinski definition) is 5. The van der Waals surface area contributed by atoms with E-state index in [0.717, 1.165) is 37.5 Å². The number of nitrogens with one attached hydrogen (secondary N) is 1. The van der Waals surface area contributed by atoms with Crippen molar-refractivity contribution in [2.75, 3.05) is 6.61 Å². The van der Waals surface area contributed by atoms with Crippen molar-refractivity contribution in [3.8, 4) is 11.8 Å². The van der Waals surface area contributed by atoms with Gasteiger partial charge in [0.15, 0.2) is 12.4 Å². The van der Waals surface area contributed by atoms with Crippen LogP contribution in [-0.2, 0) is 24.3 Å². The number of carbonyl (C=O) groups excluding carboxylic acids is 1. The standard InChI is InChI=1S/C16H17N5O2/c17-9-12-5-1-2-6-13(12)23-11-16(22)18-10-15-20-19-14-7-3-4-8-21(14)15/h1-2,5-6H,3-4,7-8,10-11H2,(H,18,22). The lowest BCUT2D eigenvalue weighted by molar-refractivity contribution is -0.123. The first-order chi connectivity index (χ1) is 11.3. The summed E-state index contributed by atoms with van der Waals surface area (Å²) < 4.78 is 7.46. The molecule has 1 aliphatic rings. The summed E-state index contributed by atoms with van der Waals surface area (Å²) in [6, 6.07) is 8.86. The fraction of sp³-hybridized carbons (Fsp3) is 0.375. The van der Waals surface area contributed by atoms with Crippen LogP contribution < -0.4 is 10.1 Å². The molecule has 0 saturated heterocycles. The van der Waals surface area contributed by atoms with Crippen LogP contribution in [0.3, 0.4) is 0 Å². The highest BCUT2D eigenvalue weighted by Gasteiger charge is 2.16. The van der Waals surface area contributed by atoms with Gasteiger partial charge in [-0.15, -0.1) is 10.2 Å². The summed E-state index contributed by atoms with van der Waals surface area (Å²) in [5, 5.41) is 20.0. The molecule has 1 N–H and O–H groups in total. The van der Waals surface area contributed by atoms with Gasteiger partial charge in [-0.1, -0.05) is 12.1 Å². The Morgan fingerprint density at radius 2 is 2.22 bits per heavy atom. The maximum atomic E-state index is 11.9. The zero-order chi connectivity index (χ0) is 16.1. The molecule has 7 nitrogen and oxygen atoms in total. The average molecular weight is 311 g/mol. The Kier molecular flexibility index (Phi) is 4.52. The molecule has 0 aliphatic carbocycles. The third kappa shape index (κ3) is 3.48. The van der Waals surface area contributed by atoms with Gasteiger partial charge in [0.2, 0.25) is 0 Å². The molecule has 0 saturated carbocycles. The molecule has 0 radical (unpaired) electrons. The number of ether oxygens (including phenoxy) is 1. The van der Waals surface area contributed by atoms with Gasteiger partial charge in [0, 0.05) is 13.0 Å². The number of rotatable bonds is 5. The second-order valence-electron chi connectivity index (χ2n) is 5.31. The van der Waals surface area contributed by atoms with Crippen molar-refractivity contribution >= 4 is 5.91 Å². The summed E-state index contributed by atoms with van der Waals surface area (Å²) in [6.07, 6.45) is 3.19. The summed E-state index contributed by atoms with van der Waals surface area (Å²) in [5.41, 5.74) is 0.409. The van der Waals surface area contributed by atoms with E-state index < -0.39 is 0 Å². The number of benzene rings is 1. The number of aryl methyl sites for hydroxylation is 1. The predicted molar refractivity (Wildman–Crippen MR) is 81.5 cm³/mol. The number of hydrogen-bond donors (Lipinski definition) is 1. The molecular weight excluding hydrogens is 294 g/mol. The van der Waals surface area contributed by atoms with Gasteiger partial charge < -0.3 is 14.6 Å². The molecular formula is C16H17N5O2. The molecule has 118 valence electrons. The van der Waals surface area contributed by atoms with E-state index in [9.17, 15) is 4.79 Å². The maximum Gasteiger partial charge on any atom is 0.258 e. The number of amides is 1. The predicted octanol–water partition coefficient (Wildman–Crippen LogP) is 1.18. The fourth-order valence-corrected chi connectivity index (χ4v) is 2.56. The van der Waals surface area contributed by atoms with E-state index in [1.807, 2.05) is 6.07 Å². The molecule has 1 aromatic carbocycles. The van der Waals surface area contributed by atoms with Crippen molar-refractivity contribution in [2.24, 2.45) is 0 Å². The van der Waals surface area contributed by atoms with E-state index in [-0.39, 0.29) is 12.5 Å². The van der Waals surface area contributed by atoms with Gasteiger partial charge in [0.25, 0.3) is 5.91 Å². The van der Waals surface area contributed by atoms with Gasteiger partial charge in [-0.05, 0) is 25.0 Å². The van der Waals surface area contributed by atoms with Crippen molar-refractivity contribution in [3.05, 3.63) is 41.5 Å². The third-order valence-electron chi connectivity index (χ3n) is 3.75. The molecule has 23 heavy (non-hydrogen) atoms. The Bertz CT molecular complexity index is 747. The van der Waals surface area contributed by atoms with Crippen LogP contribution in [0.1, 0.15) is 30.1 Å². The second-order valence-corrected chi connectivity index (χ2v) is 5.31. The van der Waals surface area contributed by atoms with Gasteiger partial charge in [-0.25, -0.2) is 0 Å². The highest BCUT2D eigenvalue weighted by atomic mass is 16.5. The van der Waals surface area contributed by atoms with E-state index in [4.69, 9.17) is 10.00 Å². The normalized spacial score (nSPS) is 13.0. The van der Waals surface area contributed by atoms with Gasteiger partial charge in [-0.2, -0.15) is 5.26 Å². The summed E-state index contributed by atoms with van der Waals surface area (Å²) in [5.74, 6) is 1.90. The Balaban J connectivity index is 1.52. The summed E-state index contributed by atoms with van der Waals surface area (Å²) in [4.78, 5) is 11.9. The molecule has 2 aromatic rings.